The Morgan fingerprint density at radius 3 is 2.75 bits per heavy atom. The summed E-state index contributed by atoms with van der Waals surface area (Å²) in [6.45, 7) is 0.0954. The van der Waals surface area contributed by atoms with Crippen LogP contribution in [0.3, 0.4) is 0 Å². The van der Waals surface area contributed by atoms with E-state index in [9.17, 15) is 8.42 Å². The molecule has 1 aromatic heterocycles. The van der Waals surface area contributed by atoms with Gasteiger partial charge < -0.3 is 9.47 Å². The minimum Gasteiger partial charge on any atom is -0.454 e. The Labute approximate surface area is 138 Å². The van der Waals surface area contributed by atoms with Gasteiger partial charge in [-0.25, -0.2) is 13.1 Å². The summed E-state index contributed by atoms with van der Waals surface area (Å²) < 4.78 is 39.8. The molecule has 0 spiro atoms. The molecule has 2 aromatic carbocycles. The molecule has 1 N–H and O–H groups in total. The van der Waals surface area contributed by atoms with E-state index in [1.807, 2.05) is 6.07 Å². The van der Waals surface area contributed by atoms with Gasteiger partial charge in [0.05, 0.1) is 16.3 Å². The number of aromatic nitrogens is 2. The van der Waals surface area contributed by atoms with Gasteiger partial charge in [0.2, 0.25) is 6.79 Å². The van der Waals surface area contributed by atoms with Crippen LogP contribution in [0.5, 0.6) is 11.5 Å². The fraction of sp³-hybridized carbons (Fsp3) is 0.0625. The molecule has 0 saturated carbocycles. The Balaban J connectivity index is 1.63. The quantitative estimate of drug-likeness (QED) is 0.786. The standard InChI is InChI=1S/C16H13N3O4S/c20-24(21,14-5-6-15-16(10-14)23-11-22-15)18-12-3-1-4-13(9-12)19-8-2-7-17-19/h1-10,18H,11H2. The molecular formula is C16H13N3O4S. The van der Waals surface area contributed by atoms with E-state index >= 15 is 0 Å². The molecule has 3 aromatic rings. The first-order chi connectivity index (χ1) is 11.6. The van der Waals surface area contributed by atoms with Crippen LogP contribution in [0.4, 0.5) is 5.69 Å². The molecule has 0 amide bonds. The summed E-state index contributed by atoms with van der Waals surface area (Å²) in [7, 11) is -3.74. The molecule has 0 atom stereocenters. The van der Waals surface area contributed by atoms with Gasteiger partial charge in [0.1, 0.15) is 0 Å². The first-order valence-corrected chi connectivity index (χ1v) is 8.63. The van der Waals surface area contributed by atoms with Crippen LogP contribution in [0.25, 0.3) is 5.69 Å². The summed E-state index contributed by atoms with van der Waals surface area (Å²) in [5, 5.41) is 4.13. The van der Waals surface area contributed by atoms with E-state index in [2.05, 4.69) is 9.82 Å². The molecule has 7 nitrogen and oxygen atoms in total. The molecule has 0 fully saturated rings. The van der Waals surface area contributed by atoms with Gasteiger partial charge in [-0.05, 0) is 36.4 Å². The minimum absolute atomic E-state index is 0.0954. The summed E-state index contributed by atoms with van der Waals surface area (Å²) in [4.78, 5) is 0.108. The third kappa shape index (κ3) is 2.67. The average Bonchev–Trinajstić information content (AvgIpc) is 3.25. The highest BCUT2D eigenvalue weighted by Crippen LogP contribution is 2.34. The van der Waals surface area contributed by atoms with Crippen molar-refractivity contribution in [2.45, 2.75) is 4.90 Å². The number of hydrogen-bond donors (Lipinski definition) is 1. The maximum atomic E-state index is 12.6. The van der Waals surface area contributed by atoms with E-state index < -0.39 is 10.0 Å². The Morgan fingerprint density at radius 1 is 1.04 bits per heavy atom. The molecule has 1 aliphatic rings. The van der Waals surface area contributed by atoms with Crippen molar-refractivity contribution in [3.05, 3.63) is 60.9 Å². The molecule has 0 bridgehead atoms. The van der Waals surface area contributed by atoms with Gasteiger partial charge in [-0.3, -0.25) is 4.72 Å². The van der Waals surface area contributed by atoms with Crippen LogP contribution in [0.15, 0.2) is 65.8 Å². The van der Waals surface area contributed by atoms with Crippen molar-refractivity contribution in [3.63, 3.8) is 0 Å². The van der Waals surface area contributed by atoms with Crippen molar-refractivity contribution in [1.82, 2.24) is 9.78 Å². The van der Waals surface area contributed by atoms with Crippen LogP contribution in [0, 0.1) is 0 Å². The SMILES string of the molecule is O=S(=O)(Nc1cccc(-n2cccn2)c1)c1ccc2c(c1)OCO2. The first kappa shape index (κ1) is 14.6. The fourth-order valence-electron chi connectivity index (χ4n) is 2.39. The second kappa shape index (κ2) is 5.57. The number of sulfonamides is 1. The van der Waals surface area contributed by atoms with Crippen LogP contribution < -0.4 is 14.2 Å². The molecular weight excluding hydrogens is 330 g/mol. The van der Waals surface area contributed by atoms with Gasteiger partial charge in [0.25, 0.3) is 10.0 Å². The van der Waals surface area contributed by atoms with E-state index in [1.54, 1.807) is 47.4 Å². The maximum absolute atomic E-state index is 12.6. The van der Waals surface area contributed by atoms with Gasteiger partial charge in [-0.15, -0.1) is 0 Å². The fourth-order valence-corrected chi connectivity index (χ4v) is 3.46. The van der Waals surface area contributed by atoms with Crippen molar-refractivity contribution in [2.24, 2.45) is 0 Å². The number of benzene rings is 2. The third-order valence-electron chi connectivity index (χ3n) is 3.52. The summed E-state index contributed by atoms with van der Waals surface area (Å²) in [5.74, 6) is 0.956. The van der Waals surface area contributed by atoms with Crippen LogP contribution in [-0.2, 0) is 10.0 Å². The normalized spacial score (nSPS) is 13.0. The van der Waals surface area contributed by atoms with Crippen molar-refractivity contribution in [3.8, 4) is 17.2 Å². The van der Waals surface area contributed by atoms with Gasteiger partial charge in [0, 0.05) is 18.5 Å². The van der Waals surface area contributed by atoms with Crippen molar-refractivity contribution >= 4 is 15.7 Å². The Bertz CT molecular complexity index is 984. The number of hydrogen-bond acceptors (Lipinski definition) is 5. The van der Waals surface area contributed by atoms with E-state index in [4.69, 9.17) is 9.47 Å². The lowest BCUT2D eigenvalue weighted by Gasteiger charge is -2.10. The summed E-state index contributed by atoms with van der Waals surface area (Å²) in [6, 6.07) is 13.3. The number of anilines is 1. The Hall–Kier alpha value is -3.00. The lowest BCUT2D eigenvalue weighted by atomic mass is 10.3. The highest BCUT2D eigenvalue weighted by molar-refractivity contribution is 7.92. The maximum Gasteiger partial charge on any atom is 0.262 e. The topological polar surface area (TPSA) is 82.5 Å². The predicted molar refractivity (Wildman–Crippen MR) is 86.9 cm³/mol. The van der Waals surface area contributed by atoms with Gasteiger partial charge in [-0.2, -0.15) is 5.10 Å². The van der Waals surface area contributed by atoms with Crippen LogP contribution in [0.1, 0.15) is 0 Å². The molecule has 0 aliphatic carbocycles. The van der Waals surface area contributed by atoms with Crippen molar-refractivity contribution in [2.75, 3.05) is 11.5 Å². The molecule has 4 rings (SSSR count). The molecule has 24 heavy (non-hydrogen) atoms. The first-order valence-electron chi connectivity index (χ1n) is 7.14. The Morgan fingerprint density at radius 2 is 1.92 bits per heavy atom. The molecule has 0 saturated heterocycles. The number of rotatable bonds is 4. The minimum atomic E-state index is -3.74. The second-order valence-electron chi connectivity index (χ2n) is 5.12. The van der Waals surface area contributed by atoms with Gasteiger partial charge in [-0.1, -0.05) is 6.07 Å². The number of nitrogens with one attached hydrogen (secondary N) is 1. The van der Waals surface area contributed by atoms with Gasteiger partial charge in [0.15, 0.2) is 11.5 Å². The molecule has 8 heteroatoms. The van der Waals surface area contributed by atoms with E-state index in [-0.39, 0.29) is 11.7 Å². The van der Waals surface area contributed by atoms with Crippen LogP contribution in [-0.4, -0.2) is 25.0 Å². The van der Waals surface area contributed by atoms with E-state index in [0.717, 1.165) is 5.69 Å². The zero-order valence-electron chi connectivity index (χ0n) is 12.4. The smallest absolute Gasteiger partial charge is 0.262 e. The summed E-state index contributed by atoms with van der Waals surface area (Å²) in [5.41, 5.74) is 1.20. The lowest BCUT2D eigenvalue weighted by molar-refractivity contribution is 0.174. The highest BCUT2D eigenvalue weighted by Gasteiger charge is 2.20. The van der Waals surface area contributed by atoms with Crippen molar-refractivity contribution < 1.29 is 17.9 Å². The van der Waals surface area contributed by atoms with E-state index in [0.29, 0.717) is 17.2 Å². The average molecular weight is 343 g/mol. The molecule has 2 heterocycles. The third-order valence-corrected chi connectivity index (χ3v) is 4.90. The number of nitrogens with zero attached hydrogens (tertiary/aromatic N) is 2. The molecule has 1 aliphatic heterocycles. The zero-order chi connectivity index (χ0) is 16.6. The molecule has 122 valence electrons. The number of fused-ring (bicyclic) bond motifs is 1. The highest BCUT2D eigenvalue weighted by atomic mass is 32.2. The van der Waals surface area contributed by atoms with E-state index in [1.165, 1.54) is 12.1 Å². The number of ether oxygens (including phenoxy) is 2. The monoisotopic (exact) mass is 343 g/mol. The predicted octanol–water partition coefficient (Wildman–Crippen LogP) is 2.40. The van der Waals surface area contributed by atoms with Crippen LogP contribution in [0.2, 0.25) is 0 Å². The Kier molecular flexibility index (Phi) is 3.39. The lowest BCUT2D eigenvalue weighted by Crippen LogP contribution is -2.13. The zero-order valence-corrected chi connectivity index (χ0v) is 13.2. The molecule has 0 radical (unpaired) electrons. The van der Waals surface area contributed by atoms with Gasteiger partial charge >= 0.3 is 0 Å². The van der Waals surface area contributed by atoms with Crippen LogP contribution >= 0.6 is 0 Å². The summed E-state index contributed by atoms with van der Waals surface area (Å²) in [6.07, 6.45) is 3.44. The van der Waals surface area contributed by atoms with Crippen molar-refractivity contribution in [1.29, 1.82) is 0 Å². The second-order valence-corrected chi connectivity index (χ2v) is 6.80. The molecule has 0 unspecified atom stereocenters. The summed E-state index contributed by atoms with van der Waals surface area (Å²) >= 11 is 0. The largest absolute Gasteiger partial charge is 0.454 e.